The third-order valence-corrected chi connectivity index (χ3v) is 3.32. The number of carbonyl (C=O) groups is 2. The van der Waals surface area contributed by atoms with E-state index in [0.717, 1.165) is 5.06 Å². The summed E-state index contributed by atoms with van der Waals surface area (Å²) in [6, 6.07) is 15.7. The fourth-order valence-electron chi connectivity index (χ4n) is 2.25. The van der Waals surface area contributed by atoms with E-state index in [1.807, 2.05) is 19.1 Å². The van der Waals surface area contributed by atoms with E-state index < -0.39 is 6.10 Å². The van der Waals surface area contributed by atoms with Gasteiger partial charge in [0.15, 0.2) is 0 Å². The summed E-state index contributed by atoms with van der Waals surface area (Å²) in [6.45, 7) is 2.34. The molecule has 0 aromatic heterocycles. The van der Waals surface area contributed by atoms with Gasteiger partial charge in [-0.3, -0.25) is 9.59 Å². The van der Waals surface area contributed by atoms with Gasteiger partial charge >= 0.3 is 0 Å². The minimum absolute atomic E-state index is 0.337. The molecular weight excluding hydrogens is 282 g/mol. The van der Waals surface area contributed by atoms with Crippen molar-refractivity contribution < 1.29 is 19.2 Å². The SMILES string of the molecule is CCOc1ccccc1N1OC(C(=O)c2ccccc2)C1=O. The van der Waals surface area contributed by atoms with Gasteiger partial charge in [-0.15, -0.1) is 0 Å². The van der Waals surface area contributed by atoms with E-state index in [0.29, 0.717) is 23.6 Å². The first-order valence-corrected chi connectivity index (χ1v) is 7.04. The van der Waals surface area contributed by atoms with Gasteiger partial charge in [0.25, 0.3) is 5.91 Å². The van der Waals surface area contributed by atoms with Crippen molar-refractivity contribution in [1.82, 2.24) is 0 Å². The molecule has 0 bridgehead atoms. The smallest absolute Gasteiger partial charge is 0.291 e. The second kappa shape index (κ2) is 5.99. The maximum absolute atomic E-state index is 12.3. The number of para-hydroxylation sites is 2. The summed E-state index contributed by atoms with van der Waals surface area (Å²) in [7, 11) is 0. The quantitative estimate of drug-likeness (QED) is 0.629. The van der Waals surface area contributed by atoms with E-state index in [1.54, 1.807) is 42.5 Å². The molecule has 1 aliphatic rings. The largest absolute Gasteiger partial charge is 0.492 e. The van der Waals surface area contributed by atoms with E-state index >= 15 is 0 Å². The Balaban J connectivity index is 1.77. The van der Waals surface area contributed by atoms with E-state index in [-0.39, 0.29) is 11.7 Å². The highest BCUT2D eigenvalue weighted by Gasteiger charge is 2.46. The number of ketones is 1. The van der Waals surface area contributed by atoms with Gasteiger partial charge in [0.1, 0.15) is 11.4 Å². The second-order valence-corrected chi connectivity index (χ2v) is 4.75. The van der Waals surface area contributed by atoms with Gasteiger partial charge in [0.2, 0.25) is 11.9 Å². The van der Waals surface area contributed by atoms with E-state index in [9.17, 15) is 9.59 Å². The van der Waals surface area contributed by atoms with Crippen LogP contribution in [0.15, 0.2) is 54.6 Å². The number of nitrogens with zero attached hydrogens (tertiary/aromatic N) is 1. The Bertz CT molecular complexity index is 699. The minimum Gasteiger partial charge on any atom is -0.492 e. The van der Waals surface area contributed by atoms with Gasteiger partial charge in [-0.2, -0.15) is 5.06 Å². The van der Waals surface area contributed by atoms with Crippen LogP contribution in [0.1, 0.15) is 17.3 Å². The molecule has 0 radical (unpaired) electrons. The Labute approximate surface area is 128 Å². The molecule has 0 spiro atoms. The Hall–Kier alpha value is -2.66. The Morgan fingerprint density at radius 3 is 2.50 bits per heavy atom. The molecule has 1 aliphatic heterocycles. The van der Waals surface area contributed by atoms with E-state index in [1.165, 1.54) is 0 Å². The standard InChI is InChI=1S/C17H15NO4/c1-2-21-14-11-7-6-10-13(14)18-17(20)16(22-18)15(19)12-8-4-3-5-9-12/h3-11,16H,2H2,1H3. The van der Waals surface area contributed by atoms with Crippen molar-refractivity contribution >= 4 is 17.4 Å². The summed E-state index contributed by atoms with van der Waals surface area (Å²) in [4.78, 5) is 29.9. The zero-order valence-electron chi connectivity index (χ0n) is 12.1. The normalized spacial score (nSPS) is 17.0. The lowest BCUT2D eigenvalue weighted by Gasteiger charge is -2.36. The monoisotopic (exact) mass is 297 g/mol. The lowest BCUT2D eigenvalue weighted by molar-refractivity contribution is -0.154. The number of carbonyl (C=O) groups excluding carboxylic acids is 2. The van der Waals surface area contributed by atoms with Crippen LogP contribution in [0.25, 0.3) is 0 Å². The second-order valence-electron chi connectivity index (χ2n) is 4.75. The summed E-state index contributed by atoms with van der Waals surface area (Å²) >= 11 is 0. The first-order valence-electron chi connectivity index (χ1n) is 7.04. The highest BCUT2D eigenvalue weighted by atomic mass is 16.7. The average Bonchev–Trinajstić information content (AvgIpc) is 2.56. The number of amides is 1. The predicted octanol–water partition coefficient (Wildman–Crippen LogP) is 2.62. The van der Waals surface area contributed by atoms with Crippen LogP contribution in [0.2, 0.25) is 0 Å². The zero-order valence-corrected chi connectivity index (χ0v) is 12.1. The highest BCUT2D eigenvalue weighted by molar-refractivity contribution is 6.19. The molecule has 5 nitrogen and oxygen atoms in total. The van der Waals surface area contributed by atoms with E-state index in [4.69, 9.17) is 9.57 Å². The van der Waals surface area contributed by atoms with Crippen molar-refractivity contribution in [1.29, 1.82) is 0 Å². The molecular formula is C17H15NO4. The highest BCUT2D eigenvalue weighted by Crippen LogP contribution is 2.34. The number of Topliss-reactive ketones (excluding diaryl/α,β-unsaturated/α-hetero) is 1. The summed E-state index contributed by atoms with van der Waals surface area (Å²) in [6.07, 6.45) is -1.09. The molecule has 0 saturated carbocycles. The Morgan fingerprint density at radius 1 is 1.14 bits per heavy atom. The van der Waals surface area contributed by atoms with Crippen LogP contribution < -0.4 is 9.80 Å². The fourth-order valence-corrected chi connectivity index (χ4v) is 2.25. The first-order chi connectivity index (χ1) is 10.7. The third-order valence-electron chi connectivity index (χ3n) is 3.32. The Morgan fingerprint density at radius 2 is 1.82 bits per heavy atom. The lowest BCUT2D eigenvalue weighted by Crippen LogP contribution is -2.58. The molecule has 5 heteroatoms. The molecule has 0 N–H and O–H groups in total. The van der Waals surface area contributed by atoms with Crippen molar-refractivity contribution in [2.75, 3.05) is 11.7 Å². The molecule has 1 unspecified atom stereocenters. The molecule has 1 heterocycles. The minimum atomic E-state index is -1.09. The Kier molecular flexibility index (Phi) is 3.89. The number of hydrogen-bond donors (Lipinski definition) is 0. The lowest BCUT2D eigenvalue weighted by atomic mass is 10.0. The summed E-state index contributed by atoms with van der Waals surface area (Å²) in [5, 5.41) is 1.11. The van der Waals surface area contributed by atoms with Crippen LogP contribution in [0, 0.1) is 0 Å². The molecule has 112 valence electrons. The van der Waals surface area contributed by atoms with Crippen LogP contribution in [0.3, 0.4) is 0 Å². The van der Waals surface area contributed by atoms with Gasteiger partial charge in [0.05, 0.1) is 6.61 Å². The van der Waals surface area contributed by atoms with Crippen molar-refractivity contribution in [3.8, 4) is 5.75 Å². The molecule has 0 aliphatic carbocycles. The summed E-state index contributed by atoms with van der Waals surface area (Å²) in [5.74, 6) is -0.180. The van der Waals surface area contributed by atoms with E-state index in [2.05, 4.69) is 0 Å². The average molecular weight is 297 g/mol. The molecule has 2 aromatic rings. The van der Waals surface area contributed by atoms with Crippen LogP contribution in [0.4, 0.5) is 5.69 Å². The van der Waals surface area contributed by atoms with Crippen LogP contribution >= 0.6 is 0 Å². The van der Waals surface area contributed by atoms with Crippen molar-refractivity contribution in [2.45, 2.75) is 13.0 Å². The number of rotatable bonds is 5. The number of anilines is 1. The number of benzene rings is 2. The molecule has 1 fully saturated rings. The number of ether oxygens (including phenoxy) is 1. The first kappa shape index (κ1) is 14.3. The molecule has 2 aromatic carbocycles. The number of hydrogen-bond acceptors (Lipinski definition) is 4. The maximum atomic E-state index is 12.3. The topological polar surface area (TPSA) is 55.8 Å². The van der Waals surface area contributed by atoms with Crippen LogP contribution in [-0.4, -0.2) is 24.4 Å². The van der Waals surface area contributed by atoms with Gasteiger partial charge < -0.3 is 4.74 Å². The van der Waals surface area contributed by atoms with Crippen LogP contribution in [0.5, 0.6) is 5.75 Å². The molecule has 1 amide bonds. The maximum Gasteiger partial charge on any atom is 0.291 e. The molecule has 3 rings (SSSR count). The van der Waals surface area contributed by atoms with Crippen molar-refractivity contribution in [3.63, 3.8) is 0 Å². The van der Waals surface area contributed by atoms with Crippen molar-refractivity contribution in [3.05, 3.63) is 60.2 Å². The van der Waals surface area contributed by atoms with Gasteiger partial charge in [-0.1, -0.05) is 42.5 Å². The third kappa shape index (κ3) is 2.46. The van der Waals surface area contributed by atoms with Crippen LogP contribution in [-0.2, 0) is 9.63 Å². The summed E-state index contributed by atoms with van der Waals surface area (Å²) in [5.41, 5.74) is 0.963. The molecule has 22 heavy (non-hydrogen) atoms. The van der Waals surface area contributed by atoms with Gasteiger partial charge in [0, 0.05) is 5.56 Å². The van der Waals surface area contributed by atoms with Crippen molar-refractivity contribution in [2.24, 2.45) is 0 Å². The van der Waals surface area contributed by atoms with Gasteiger partial charge in [-0.25, -0.2) is 4.84 Å². The predicted molar refractivity (Wildman–Crippen MR) is 80.7 cm³/mol. The molecule has 1 saturated heterocycles. The molecule has 1 atom stereocenters. The fraction of sp³-hybridized carbons (Fsp3) is 0.176. The van der Waals surface area contributed by atoms with Gasteiger partial charge in [-0.05, 0) is 19.1 Å². The summed E-state index contributed by atoms with van der Waals surface area (Å²) < 4.78 is 5.46. The zero-order chi connectivity index (χ0) is 15.5. The number of hydroxylamine groups is 1.